The van der Waals surface area contributed by atoms with Crippen molar-refractivity contribution in [1.82, 2.24) is 0 Å². The topological polar surface area (TPSA) is 369 Å². The molecule has 1 aliphatic rings. The average molecular weight is 977 g/mol. The van der Waals surface area contributed by atoms with E-state index >= 15 is 0 Å². The van der Waals surface area contributed by atoms with E-state index in [1.54, 1.807) is 30.3 Å². The number of carboxylic acid groups (broad SMARTS) is 1. The molecule has 346 valence electrons. The number of hydrogen-bond donors (Lipinski definition) is 7. The molecule has 1 heterocycles. The molecule has 0 spiro atoms. The summed E-state index contributed by atoms with van der Waals surface area (Å²) in [5, 5.41) is 69.7. The zero-order valence-electron chi connectivity index (χ0n) is 33.8. The number of anilines is 1. The number of amides is 1. The number of aliphatic hydroxyl groups is 2. The number of carbonyl (C=O) groups excluding carboxylic acids is 1. The van der Waals surface area contributed by atoms with E-state index in [0.717, 1.165) is 30.3 Å². The Balaban J connectivity index is 1.23. The lowest BCUT2D eigenvalue weighted by Gasteiger charge is -2.13. The molecule has 7 rings (SSSR count). The lowest BCUT2D eigenvalue weighted by atomic mass is 10.1. The van der Waals surface area contributed by atoms with Crippen molar-refractivity contribution in [3.8, 4) is 17.2 Å². The molecule has 1 amide bonds. The molecule has 0 saturated heterocycles. The third kappa shape index (κ3) is 10.3. The highest BCUT2D eigenvalue weighted by Crippen LogP contribution is 2.45. The minimum absolute atomic E-state index is 0.0257. The summed E-state index contributed by atoms with van der Waals surface area (Å²) < 4.78 is 102. The lowest BCUT2D eigenvalue weighted by Crippen LogP contribution is -2.33. The highest BCUT2D eigenvalue weighted by atomic mass is 32.2. The third-order valence-corrected chi connectivity index (χ3v) is 11.9. The van der Waals surface area contributed by atoms with Crippen LogP contribution in [-0.2, 0) is 40.9 Å². The number of aromatic hydroxyl groups is 1. The zero-order chi connectivity index (χ0) is 48.2. The molecule has 1 aliphatic heterocycles. The molecule has 6 aromatic carbocycles. The summed E-state index contributed by atoms with van der Waals surface area (Å²) in [6.07, 6.45) is 0. The Labute approximate surface area is 379 Å². The van der Waals surface area contributed by atoms with Crippen LogP contribution >= 0.6 is 0 Å². The van der Waals surface area contributed by atoms with Gasteiger partial charge >= 0.3 is 5.97 Å². The number of phenols is 1. The van der Waals surface area contributed by atoms with E-state index in [4.69, 9.17) is 9.47 Å². The number of phenolic OH excluding ortho intramolecular Hbond substituents is 1. The van der Waals surface area contributed by atoms with Crippen LogP contribution in [0.2, 0.25) is 0 Å². The molecule has 24 nitrogen and oxygen atoms in total. The Morgan fingerprint density at radius 2 is 1.36 bits per heavy atom. The van der Waals surface area contributed by atoms with E-state index in [9.17, 15) is 64.7 Å². The Bertz CT molecular complexity index is 3350. The summed E-state index contributed by atoms with van der Waals surface area (Å²) in [6, 6.07) is 19.2. The van der Waals surface area contributed by atoms with Gasteiger partial charge in [0.2, 0.25) is 6.04 Å². The summed E-state index contributed by atoms with van der Waals surface area (Å²) in [5.41, 5.74) is -1.93. The number of aliphatic hydroxyl groups excluding tert-OH is 2. The van der Waals surface area contributed by atoms with Gasteiger partial charge in [-0.2, -0.15) is 37.2 Å². The Morgan fingerprint density at radius 3 is 1.96 bits per heavy atom. The number of fused-ring (bicyclic) bond motifs is 2. The number of carbonyl (C=O) groups is 2. The van der Waals surface area contributed by atoms with Crippen LogP contribution in [0.5, 0.6) is 17.2 Å². The second-order valence-corrected chi connectivity index (χ2v) is 17.4. The first kappa shape index (κ1) is 47.5. The van der Waals surface area contributed by atoms with Gasteiger partial charge in [-0.05, 0) is 65.4 Å². The molecule has 0 fully saturated rings. The second-order valence-electron chi connectivity index (χ2n) is 13.7. The molecule has 7 N–H and O–H groups in total. The number of carboxylic acids is 1. The van der Waals surface area contributed by atoms with Crippen LogP contribution in [0.15, 0.2) is 148 Å². The van der Waals surface area contributed by atoms with Gasteiger partial charge in [-0.15, -0.1) is 20.5 Å². The number of rotatable bonds is 17. The largest absolute Gasteiger partial charge is 0.505 e. The predicted molar refractivity (Wildman–Crippen MR) is 235 cm³/mol. The van der Waals surface area contributed by atoms with Crippen LogP contribution in [0.25, 0.3) is 21.5 Å². The molecule has 6 aromatic rings. The van der Waals surface area contributed by atoms with Crippen LogP contribution in [0, 0.1) is 0 Å². The van der Waals surface area contributed by atoms with Crippen molar-refractivity contribution in [3.63, 3.8) is 0 Å². The standard InChI is InChI=1S/C40H32N8O16S3/c49-13-15-63-31-20-30(32(64-16-14-50)19-29(31)43-42-28-12-5-21-3-1-2-4-27(21)38(28)65(55)56)44-45-34-33(67(60,61)62)18-22-17-23(6-11-26(22)37(34)51)41-46-35-36(40(53)54)47-48(39(35)52)24-7-9-25(10-8-24)66(57,58)59/h1-12,17-20,35,49-51H,13-16H2,(H,53,54)(H,55,56)(H,57,58,59)(H,60,61,62)/b43-42+,45-44+,46-41+. The van der Waals surface area contributed by atoms with Crippen molar-refractivity contribution < 1.29 is 74.2 Å². The maximum absolute atomic E-state index is 13.3. The van der Waals surface area contributed by atoms with Gasteiger partial charge in [0.05, 0.1) is 29.5 Å². The Kier molecular flexibility index (Phi) is 13.8. The van der Waals surface area contributed by atoms with E-state index in [2.05, 4.69) is 35.8 Å². The predicted octanol–water partition coefficient (Wildman–Crippen LogP) is 6.29. The van der Waals surface area contributed by atoms with E-state index in [-0.39, 0.29) is 68.8 Å². The van der Waals surface area contributed by atoms with Crippen molar-refractivity contribution in [2.45, 2.75) is 20.7 Å². The number of aliphatic carboxylic acids is 1. The van der Waals surface area contributed by atoms with E-state index < -0.39 is 89.4 Å². The molecule has 0 radical (unpaired) electrons. The number of ether oxygens (including phenoxy) is 2. The molecule has 0 aromatic heterocycles. The second kappa shape index (κ2) is 19.5. The van der Waals surface area contributed by atoms with Crippen molar-refractivity contribution >= 4 is 105 Å². The minimum atomic E-state index is -5.20. The van der Waals surface area contributed by atoms with Crippen LogP contribution in [0.3, 0.4) is 0 Å². The first-order valence-electron chi connectivity index (χ1n) is 18.9. The molecule has 27 heteroatoms. The number of nitrogens with zero attached hydrogens (tertiary/aromatic N) is 8. The molecular formula is C40H32N8O16S3. The first-order valence-corrected chi connectivity index (χ1v) is 22.9. The van der Waals surface area contributed by atoms with Crippen molar-refractivity contribution in [2.75, 3.05) is 31.4 Å². The van der Waals surface area contributed by atoms with Gasteiger partial charge in [0, 0.05) is 22.9 Å². The fraction of sp³-hybridized carbons (Fsp3) is 0.125. The Morgan fingerprint density at radius 1 is 0.731 bits per heavy atom. The molecular weight excluding hydrogens is 945 g/mol. The molecule has 0 saturated carbocycles. The highest BCUT2D eigenvalue weighted by molar-refractivity contribution is 7.86. The highest BCUT2D eigenvalue weighted by Gasteiger charge is 2.41. The van der Waals surface area contributed by atoms with Crippen LogP contribution in [-0.4, -0.2) is 105 Å². The summed E-state index contributed by atoms with van der Waals surface area (Å²) in [6.45, 7) is -1.54. The maximum atomic E-state index is 13.3. The van der Waals surface area contributed by atoms with Gasteiger partial charge in [-0.1, -0.05) is 30.3 Å². The summed E-state index contributed by atoms with van der Waals surface area (Å²) in [7, 11) is -9.78. The van der Waals surface area contributed by atoms with E-state index in [1.165, 1.54) is 36.4 Å². The molecule has 67 heavy (non-hydrogen) atoms. The normalized spacial score (nSPS) is 15.1. The smallest absolute Gasteiger partial charge is 0.355 e. The van der Waals surface area contributed by atoms with E-state index in [0.29, 0.717) is 15.8 Å². The van der Waals surface area contributed by atoms with Crippen molar-refractivity contribution in [1.29, 1.82) is 0 Å². The fourth-order valence-corrected chi connectivity index (χ4v) is 8.21. The van der Waals surface area contributed by atoms with Crippen LogP contribution in [0.4, 0.5) is 34.1 Å². The maximum Gasteiger partial charge on any atom is 0.355 e. The monoisotopic (exact) mass is 976 g/mol. The summed E-state index contributed by atoms with van der Waals surface area (Å²) in [5.74, 6) is -3.71. The van der Waals surface area contributed by atoms with Gasteiger partial charge in [0.15, 0.2) is 22.5 Å². The SMILES string of the molecule is O=C(O)C1=NN(c2ccc(S(=O)(=O)O)cc2)C(=O)C1/N=N/c1ccc2c(O)c(/N=N/c3cc(OCCO)c(/N=N/c4ccc5ccccc5c4S(=O)O)cc3OCCO)c(S(=O)(=O)O)cc2c1. The summed E-state index contributed by atoms with van der Waals surface area (Å²) in [4.78, 5) is 23.8. The molecule has 2 atom stereocenters. The van der Waals surface area contributed by atoms with Gasteiger partial charge in [-0.25, -0.2) is 9.00 Å². The molecule has 0 aliphatic carbocycles. The van der Waals surface area contributed by atoms with Crippen LogP contribution < -0.4 is 14.5 Å². The number of benzene rings is 6. The van der Waals surface area contributed by atoms with Crippen molar-refractivity contribution in [2.24, 2.45) is 35.8 Å². The Hall–Kier alpha value is -7.50. The van der Waals surface area contributed by atoms with Gasteiger partial charge in [0.25, 0.3) is 26.1 Å². The van der Waals surface area contributed by atoms with Gasteiger partial charge in [0.1, 0.15) is 57.3 Å². The minimum Gasteiger partial charge on any atom is -0.505 e. The number of azo groups is 3. The van der Waals surface area contributed by atoms with E-state index in [1.807, 2.05) is 0 Å². The summed E-state index contributed by atoms with van der Waals surface area (Å²) >= 11 is -2.49. The number of hydrazone groups is 1. The average Bonchev–Trinajstić information content (AvgIpc) is 3.63. The fourth-order valence-electron chi connectivity index (χ4n) is 6.41. The van der Waals surface area contributed by atoms with Gasteiger partial charge < -0.3 is 34.5 Å². The molecule has 2 unspecified atom stereocenters. The zero-order valence-corrected chi connectivity index (χ0v) is 36.2. The third-order valence-electron chi connectivity index (χ3n) is 9.40. The lowest BCUT2D eigenvalue weighted by molar-refractivity contribution is -0.130. The number of hydrogen-bond acceptors (Lipinski definition) is 19. The molecule has 0 bridgehead atoms. The van der Waals surface area contributed by atoms with Crippen LogP contribution in [0.1, 0.15) is 0 Å². The quantitative estimate of drug-likeness (QED) is 0.0300. The van der Waals surface area contributed by atoms with Crippen molar-refractivity contribution in [3.05, 3.63) is 97.1 Å². The van der Waals surface area contributed by atoms with Gasteiger partial charge in [-0.3, -0.25) is 13.9 Å². The first-order chi connectivity index (χ1) is 31.9.